The Morgan fingerprint density at radius 3 is 2.26 bits per heavy atom. The molecule has 2 atom stereocenters. The summed E-state index contributed by atoms with van der Waals surface area (Å²) in [5, 5.41) is 9.10. The molecule has 1 saturated heterocycles. The number of likely N-dealkylation sites (tertiary alicyclic amines) is 1. The Bertz CT molecular complexity index is 334. The second-order valence-electron chi connectivity index (χ2n) is 6.28. The predicted octanol–water partition coefficient (Wildman–Crippen LogP) is 2.53. The van der Waals surface area contributed by atoms with Crippen molar-refractivity contribution < 1.29 is 14.7 Å². The van der Waals surface area contributed by atoms with Crippen LogP contribution in [-0.4, -0.2) is 35.0 Å². The van der Waals surface area contributed by atoms with Crippen molar-refractivity contribution in [1.82, 2.24) is 4.90 Å². The number of aliphatic carboxylic acids is 1. The number of hydrogen-bond acceptors (Lipinski definition) is 2. The van der Waals surface area contributed by atoms with E-state index in [4.69, 9.17) is 5.11 Å². The summed E-state index contributed by atoms with van der Waals surface area (Å²) in [6.07, 6.45) is 8.03. The first kappa shape index (κ1) is 14.4. The first-order valence-corrected chi connectivity index (χ1v) is 7.58. The number of hydrogen-bond donors (Lipinski definition) is 1. The Labute approximate surface area is 115 Å². The fraction of sp³-hybridized carbons (Fsp3) is 0.867. The molecule has 2 unspecified atom stereocenters. The second kappa shape index (κ2) is 6.40. The molecule has 0 radical (unpaired) electrons. The number of nitrogens with zero attached hydrogens (tertiary/aromatic N) is 1. The van der Waals surface area contributed by atoms with Crippen molar-refractivity contribution in [3.63, 3.8) is 0 Å². The van der Waals surface area contributed by atoms with Gasteiger partial charge in [-0.1, -0.05) is 32.6 Å². The minimum atomic E-state index is -0.766. The number of carboxylic acid groups (broad SMARTS) is 1. The highest BCUT2D eigenvalue weighted by atomic mass is 16.4. The Hall–Kier alpha value is -1.06. The van der Waals surface area contributed by atoms with E-state index in [1.807, 2.05) is 6.92 Å². The van der Waals surface area contributed by atoms with Crippen molar-refractivity contribution in [2.75, 3.05) is 13.1 Å². The molecule has 1 aliphatic carbocycles. The lowest BCUT2D eigenvalue weighted by Crippen LogP contribution is -2.31. The molecule has 0 bridgehead atoms. The number of amides is 1. The minimum Gasteiger partial charge on any atom is -0.481 e. The van der Waals surface area contributed by atoms with E-state index in [-0.39, 0.29) is 17.7 Å². The smallest absolute Gasteiger partial charge is 0.308 e. The minimum absolute atomic E-state index is 0.0792. The van der Waals surface area contributed by atoms with Crippen LogP contribution >= 0.6 is 0 Å². The molecule has 1 aliphatic heterocycles. The van der Waals surface area contributed by atoms with Crippen LogP contribution in [0.3, 0.4) is 0 Å². The van der Waals surface area contributed by atoms with Crippen molar-refractivity contribution in [1.29, 1.82) is 0 Å². The Morgan fingerprint density at radius 1 is 1.11 bits per heavy atom. The van der Waals surface area contributed by atoms with E-state index >= 15 is 0 Å². The molecule has 0 aromatic heterocycles. The van der Waals surface area contributed by atoms with Crippen molar-refractivity contribution in [2.24, 2.45) is 17.8 Å². The topological polar surface area (TPSA) is 57.6 Å². The van der Waals surface area contributed by atoms with E-state index in [0.717, 1.165) is 12.8 Å². The van der Waals surface area contributed by atoms with E-state index in [1.165, 1.54) is 25.7 Å². The number of carbonyl (C=O) groups is 2. The summed E-state index contributed by atoms with van der Waals surface area (Å²) in [6, 6.07) is 0. The van der Waals surface area contributed by atoms with Gasteiger partial charge in [-0.3, -0.25) is 9.59 Å². The molecule has 0 aromatic carbocycles. The van der Waals surface area contributed by atoms with Crippen LogP contribution in [-0.2, 0) is 9.59 Å². The maximum absolute atomic E-state index is 12.3. The quantitative estimate of drug-likeness (QED) is 0.799. The average molecular weight is 267 g/mol. The van der Waals surface area contributed by atoms with E-state index in [1.54, 1.807) is 4.90 Å². The Morgan fingerprint density at radius 2 is 1.74 bits per heavy atom. The largest absolute Gasteiger partial charge is 0.481 e. The van der Waals surface area contributed by atoms with Crippen LogP contribution in [0.1, 0.15) is 51.9 Å². The summed E-state index contributed by atoms with van der Waals surface area (Å²) in [6.45, 7) is 2.95. The molecule has 1 saturated carbocycles. The maximum Gasteiger partial charge on any atom is 0.308 e. The van der Waals surface area contributed by atoms with E-state index in [2.05, 4.69) is 0 Å². The van der Waals surface area contributed by atoms with Crippen LogP contribution in [0.25, 0.3) is 0 Å². The molecule has 2 aliphatic rings. The highest BCUT2D eigenvalue weighted by Crippen LogP contribution is 2.28. The van der Waals surface area contributed by atoms with E-state index in [9.17, 15) is 9.59 Å². The normalized spacial score (nSPS) is 29.2. The average Bonchev–Trinajstić information content (AvgIpc) is 2.58. The number of carboxylic acids is 1. The van der Waals surface area contributed by atoms with Gasteiger partial charge in [-0.05, 0) is 24.7 Å². The molecule has 0 aromatic rings. The van der Waals surface area contributed by atoms with Gasteiger partial charge in [0.2, 0.25) is 5.91 Å². The Kier molecular flexibility index (Phi) is 4.83. The zero-order valence-corrected chi connectivity index (χ0v) is 11.8. The summed E-state index contributed by atoms with van der Waals surface area (Å²) >= 11 is 0. The zero-order valence-electron chi connectivity index (χ0n) is 11.8. The lowest BCUT2D eigenvalue weighted by molar-refractivity contribution is -0.142. The van der Waals surface area contributed by atoms with Gasteiger partial charge in [-0.2, -0.15) is 0 Å². The molecule has 1 N–H and O–H groups in total. The highest BCUT2D eigenvalue weighted by molar-refractivity contribution is 5.79. The summed E-state index contributed by atoms with van der Waals surface area (Å²) in [4.78, 5) is 25.1. The number of carbonyl (C=O) groups excluding carboxylic acids is 1. The molecule has 4 heteroatoms. The van der Waals surface area contributed by atoms with Crippen LogP contribution in [0.4, 0.5) is 0 Å². The SMILES string of the molecule is CC1CN(C(=O)CC2CCCCCC2)CC1C(=O)O. The third kappa shape index (κ3) is 3.71. The van der Waals surface area contributed by atoms with Gasteiger partial charge in [0.05, 0.1) is 5.92 Å². The molecular formula is C15H25NO3. The van der Waals surface area contributed by atoms with Crippen molar-refractivity contribution >= 4 is 11.9 Å². The third-order valence-corrected chi connectivity index (χ3v) is 4.72. The second-order valence-corrected chi connectivity index (χ2v) is 6.28. The van der Waals surface area contributed by atoms with Crippen LogP contribution < -0.4 is 0 Å². The lowest BCUT2D eigenvalue weighted by Gasteiger charge is -2.20. The zero-order chi connectivity index (χ0) is 13.8. The Balaban J connectivity index is 1.85. The molecule has 1 amide bonds. The van der Waals surface area contributed by atoms with Gasteiger partial charge in [0.1, 0.15) is 0 Å². The first-order chi connectivity index (χ1) is 9.08. The van der Waals surface area contributed by atoms with Gasteiger partial charge in [0.15, 0.2) is 0 Å². The van der Waals surface area contributed by atoms with Crippen LogP contribution in [0.2, 0.25) is 0 Å². The van der Waals surface area contributed by atoms with Crippen molar-refractivity contribution in [3.8, 4) is 0 Å². The maximum atomic E-state index is 12.3. The molecule has 4 nitrogen and oxygen atoms in total. The van der Waals surface area contributed by atoms with Crippen LogP contribution in [0.15, 0.2) is 0 Å². The predicted molar refractivity (Wildman–Crippen MR) is 72.7 cm³/mol. The molecular weight excluding hydrogens is 242 g/mol. The summed E-state index contributed by atoms with van der Waals surface area (Å²) in [7, 11) is 0. The van der Waals surface area contributed by atoms with Gasteiger partial charge < -0.3 is 10.0 Å². The molecule has 108 valence electrons. The van der Waals surface area contributed by atoms with Gasteiger partial charge >= 0.3 is 5.97 Å². The van der Waals surface area contributed by atoms with Crippen molar-refractivity contribution in [3.05, 3.63) is 0 Å². The van der Waals surface area contributed by atoms with Crippen molar-refractivity contribution in [2.45, 2.75) is 51.9 Å². The summed E-state index contributed by atoms with van der Waals surface area (Å²) < 4.78 is 0. The third-order valence-electron chi connectivity index (χ3n) is 4.72. The summed E-state index contributed by atoms with van der Waals surface area (Å²) in [5.74, 6) is -0.373. The molecule has 0 spiro atoms. The van der Waals surface area contributed by atoms with E-state index in [0.29, 0.717) is 25.4 Å². The van der Waals surface area contributed by atoms with E-state index < -0.39 is 5.97 Å². The van der Waals surface area contributed by atoms with Gasteiger partial charge in [-0.25, -0.2) is 0 Å². The molecule has 19 heavy (non-hydrogen) atoms. The standard InChI is InChI=1S/C15H25NO3/c1-11-9-16(10-13(11)15(18)19)14(17)8-12-6-4-2-3-5-7-12/h11-13H,2-10H2,1H3,(H,18,19). The van der Waals surface area contributed by atoms with Crippen LogP contribution in [0.5, 0.6) is 0 Å². The first-order valence-electron chi connectivity index (χ1n) is 7.58. The fourth-order valence-corrected chi connectivity index (χ4v) is 3.44. The fourth-order valence-electron chi connectivity index (χ4n) is 3.44. The van der Waals surface area contributed by atoms with Crippen LogP contribution in [0, 0.1) is 17.8 Å². The van der Waals surface area contributed by atoms with Gasteiger partial charge in [0.25, 0.3) is 0 Å². The lowest BCUT2D eigenvalue weighted by atomic mass is 9.96. The monoisotopic (exact) mass is 267 g/mol. The van der Waals surface area contributed by atoms with Gasteiger partial charge in [-0.15, -0.1) is 0 Å². The summed E-state index contributed by atoms with van der Waals surface area (Å²) in [5.41, 5.74) is 0. The number of rotatable bonds is 3. The highest BCUT2D eigenvalue weighted by Gasteiger charge is 2.37. The molecule has 2 fully saturated rings. The molecule has 1 heterocycles. The molecule has 2 rings (SSSR count). The van der Waals surface area contributed by atoms with Gasteiger partial charge in [0, 0.05) is 19.5 Å².